The molecule has 0 unspecified atom stereocenters. The molecule has 2 saturated heterocycles. The van der Waals surface area contributed by atoms with E-state index in [0.29, 0.717) is 13.2 Å². The third-order valence-corrected chi connectivity index (χ3v) is 40.9. The summed E-state index contributed by atoms with van der Waals surface area (Å²) in [6.45, 7) is 37.4. The van der Waals surface area contributed by atoms with Gasteiger partial charge in [-0.05, 0) is 0 Å². The van der Waals surface area contributed by atoms with Gasteiger partial charge < -0.3 is 0 Å². The van der Waals surface area contributed by atoms with Crippen LogP contribution in [0.25, 0.3) is 0 Å². The third-order valence-electron chi connectivity index (χ3n) is 5.95. The summed E-state index contributed by atoms with van der Waals surface area (Å²) in [6.07, 6.45) is -4.01. The van der Waals surface area contributed by atoms with Crippen molar-refractivity contribution in [1.29, 1.82) is 0 Å². The van der Waals surface area contributed by atoms with Gasteiger partial charge in [-0.2, -0.15) is 0 Å². The minimum atomic E-state index is -2.25. The predicted octanol–water partition coefficient (Wildman–Crippen LogP) is 7.61. The summed E-state index contributed by atoms with van der Waals surface area (Å²) in [4.78, 5) is 0. The van der Waals surface area contributed by atoms with E-state index in [1.165, 1.54) is 0 Å². The Labute approximate surface area is 293 Å². The van der Waals surface area contributed by atoms with Crippen LogP contribution >= 0.6 is 25.8 Å². The Morgan fingerprint density at radius 2 is 0.619 bits per heavy atom. The summed E-state index contributed by atoms with van der Waals surface area (Å²) in [5.41, 5.74) is -0.529. The van der Waals surface area contributed by atoms with E-state index in [1.807, 2.05) is 0 Å². The SMILES string of the molecule is CC(C)(C)N[P+]1([Se-])N(C(C)(C)C)[P+]([Se-])(OCCO[P+]2([Se-])N(C(C)(C)C)[P+]([Se-])(NC(C)(C)C)N2C(C)(C)C)N1C(C)(C)C. The van der Waals surface area contributed by atoms with E-state index in [2.05, 4.69) is 215 Å². The Bertz CT molecular complexity index is 864. The maximum absolute atomic E-state index is 6.99. The Kier molecular flexibility index (Phi) is 12.6. The molecule has 0 aromatic heterocycles. The van der Waals surface area contributed by atoms with Gasteiger partial charge in [0.25, 0.3) is 0 Å². The van der Waals surface area contributed by atoms with E-state index >= 15 is 0 Å². The molecule has 2 aliphatic rings. The molecule has 0 spiro atoms. The fraction of sp³-hybridized carbons (Fsp3) is 1.00. The van der Waals surface area contributed by atoms with Gasteiger partial charge in [0.05, 0.1) is 0 Å². The van der Waals surface area contributed by atoms with Crippen LogP contribution in [-0.4, -0.2) is 126 Å². The summed E-state index contributed by atoms with van der Waals surface area (Å²) in [7, 11) is 0. The van der Waals surface area contributed by atoms with Crippen molar-refractivity contribution in [3.8, 4) is 0 Å². The van der Waals surface area contributed by atoms with E-state index in [-0.39, 0.29) is 33.2 Å². The third kappa shape index (κ3) is 8.43. The molecule has 2 N–H and O–H groups in total. The topological polar surface area (TPSA) is 55.5 Å². The average Bonchev–Trinajstić information content (AvgIpc) is 2.54. The van der Waals surface area contributed by atoms with Crippen LogP contribution in [-0.2, 0) is 9.05 Å². The second-order valence-corrected chi connectivity index (χ2v) is 39.3. The van der Waals surface area contributed by atoms with Crippen LogP contribution in [0.4, 0.5) is 0 Å². The Morgan fingerprint density at radius 1 is 0.429 bits per heavy atom. The Hall–Kier alpha value is 3.48. The molecule has 0 bridgehead atoms. The molecule has 42 heavy (non-hydrogen) atoms. The molecule has 0 aliphatic carbocycles. The second-order valence-electron chi connectivity index (χ2n) is 17.3. The molecule has 0 atom stereocenters. The zero-order chi connectivity index (χ0) is 33.6. The van der Waals surface area contributed by atoms with E-state index in [9.17, 15) is 0 Å². The molecule has 250 valence electrons. The van der Waals surface area contributed by atoms with Crippen molar-refractivity contribution in [2.45, 2.75) is 158 Å². The fourth-order valence-corrected chi connectivity index (χ4v) is 63.3. The van der Waals surface area contributed by atoms with Crippen LogP contribution in [0.1, 0.15) is 125 Å². The monoisotopic (exact) mass is 932 g/mol. The van der Waals surface area contributed by atoms with Gasteiger partial charge in [0.1, 0.15) is 0 Å². The van der Waals surface area contributed by atoms with Gasteiger partial charge in [-0.15, -0.1) is 0 Å². The average molecular weight is 929 g/mol. The number of hydrogen-bond acceptors (Lipinski definition) is 8. The first-order chi connectivity index (χ1) is 18.1. The maximum atomic E-state index is 6.99. The molecule has 0 amide bonds. The van der Waals surface area contributed by atoms with Crippen LogP contribution in [0, 0.1) is 0 Å². The number of nitrogens with one attached hydrogen (secondary N) is 2. The summed E-state index contributed by atoms with van der Waals surface area (Å²) in [6, 6.07) is 0. The summed E-state index contributed by atoms with van der Waals surface area (Å²) in [5, 5.41) is 7.98. The Morgan fingerprint density at radius 3 is 0.762 bits per heavy atom. The number of nitrogens with zero attached hydrogens (tertiary/aromatic N) is 4. The first-order valence-corrected chi connectivity index (χ1v) is 30.1. The van der Waals surface area contributed by atoms with Crippen molar-refractivity contribution in [2.24, 2.45) is 0 Å². The van der Waals surface area contributed by atoms with Crippen molar-refractivity contribution in [3.63, 3.8) is 0 Å². The van der Waals surface area contributed by atoms with Crippen LogP contribution in [0.2, 0.25) is 0 Å². The zero-order valence-electron chi connectivity index (χ0n) is 29.4. The van der Waals surface area contributed by atoms with E-state index in [0.717, 1.165) is 0 Å². The Balaban J connectivity index is 2.41. The van der Waals surface area contributed by atoms with Crippen molar-refractivity contribution in [1.82, 2.24) is 27.9 Å². The van der Waals surface area contributed by atoms with Crippen molar-refractivity contribution in [2.75, 3.05) is 13.2 Å². The molecule has 0 radical (unpaired) electrons. The molecular weight excluding hydrogens is 868 g/mol. The first-order valence-electron chi connectivity index (χ1n) is 14.6. The van der Waals surface area contributed by atoms with Gasteiger partial charge in [0.15, 0.2) is 0 Å². The van der Waals surface area contributed by atoms with E-state index in [4.69, 9.17) is 9.05 Å². The van der Waals surface area contributed by atoms with Crippen molar-refractivity contribution < 1.29 is 9.05 Å². The normalized spacial score (nSPS) is 33.6. The molecule has 2 fully saturated rings. The predicted molar refractivity (Wildman–Crippen MR) is 195 cm³/mol. The van der Waals surface area contributed by atoms with Gasteiger partial charge in [-0.3, -0.25) is 0 Å². The molecule has 0 aromatic carbocycles. The quantitative estimate of drug-likeness (QED) is 0.154. The van der Waals surface area contributed by atoms with Crippen LogP contribution < -0.4 is 10.2 Å². The van der Waals surface area contributed by atoms with Gasteiger partial charge in [0, 0.05) is 0 Å². The summed E-state index contributed by atoms with van der Waals surface area (Å²) in [5.74, 6) is 0. The van der Waals surface area contributed by atoms with Gasteiger partial charge in [-0.1, -0.05) is 0 Å². The van der Waals surface area contributed by atoms with Crippen molar-refractivity contribution in [3.05, 3.63) is 0 Å². The zero-order valence-corrected chi connectivity index (χ0v) is 39.9. The molecule has 8 nitrogen and oxygen atoms in total. The number of hydrogen-bond donors (Lipinski definition) is 2. The van der Waals surface area contributed by atoms with Gasteiger partial charge in [-0.25, -0.2) is 0 Å². The van der Waals surface area contributed by atoms with Gasteiger partial charge >= 0.3 is 296 Å². The molecular formula is C26H60N6O2P4Se4. The molecule has 16 heteroatoms. The summed E-state index contributed by atoms with van der Waals surface area (Å²) >= 11 is 14.5. The second kappa shape index (κ2) is 12.7. The molecule has 2 aliphatic heterocycles. The van der Waals surface area contributed by atoms with Crippen LogP contribution in [0.5, 0.6) is 0 Å². The van der Waals surface area contributed by atoms with E-state index < -0.39 is 25.8 Å². The first kappa shape index (κ1) is 41.6. The molecule has 2 rings (SSSR count). The standard InChI is InChI=1S/C26H60N6O2P4Se4/c1-21(2,3)27-35(39)29(23(7,8)9)37(41,30(35)24(10,11)12)33-19-20-34-38(42)31(25(13,14)15)36(40,28-22(4,5)6)32(38)26(16,17)18/h19-20H2,1-18H3,(H,27,39)(H,28,40). The molecule has 0 saturated carbocycles. The van der Waals surface area contributed by atoms with Crippen molar-refractivity contribution >= 4 is 88.1 Å². The summed E-state index contributed by atoms with van der Waals surface area (Å²) < 4.78 is 24.4. The van der Waals surface area contributed by atoms with Crippen LogP contribution in [0.3, 0.4) is 0 Å². The van der Waals surface area contributed by atoms with Crippen LogP contribution in [0.15, 0.2) is 0 Å². The van der Waals surface area contributed by atoms with Gasteiger partial charge in [0.2, 0.25) is 0 Å². The fourth-order valence-electron chi connectivity index (χ4n) is 5.61. The van der Waals surface area contributed by atoms with E-state index in [1.54, 1.807) is 0 Å². The molecule has 2 heterocycles. The molecule has 0 aromatic rings. The minimum absolute atomic E-state index is 0.0553. The number of rotatable bonds is 7.